The van der Waals surface area contributed by atoms with Crippen LogP contribution in [0.25, 0.3) is 0 Å². The van der Waals surface area contributed by atoms with Gasteiger partial charge in [0.25, 0.3) is 15.9 Å². The summed E-state index contributed by atoms with van der Waals surface area (Å²) in [5.41, 5.74) is 0.675. The van der Waals surface area contributed by atoms with Crippen LogP contribution in [-0.4, -0.2) is 32.0 Å². The van der Waals surface area contributed by atoms with E-state index in [-0.39, 0.29) is 21.5 Å². The van der Waals surface area contributed by atoms with Crippen molar-refractivity contribution in [3.8, 4) is 0 Å². The Morgan fingerprint density at radius 2 is 1.85 bits per heavy atom. The van der Waals surface area contributed by atoms with E-state index in [9.17, 15) is 26.4 Å². The molecule has 1 heterocycles. The summed E-state index contributed by atoms with van der Waals surface area (Å²) in [5, 5.41) is 3.67. The fraction of sp³-hybridized carbons (Fsp3) is 0.333. The minimum absolute atomic E-state index is 0.0791. The van der Waals surface area contributed by atoms with Crippen LogP contribution in [0.4, 0.5) is 18.3 Å². The first-order valence-electron chi connectivity index (χ1n) is 7.41. The lowest BCUT2D eigenvalue weighted by atomic mass is 10.2. The fourth-order valence-corrected chi connectivity index (χ4v) is 3.96. The van der Waals surface area contributed by atoms with Gasteiger partial charge in [-0.3, -0.25) is 9.52 Å². The second kappa shape index (κ2) is 7.62. The van der Waals surface area contributed by atoms with Gasteiger partial charge in [0.1, 0.15) is 6.54 Å². The van der Waals surface area contributed by atoms with Crippen LogP contribution >= 0.6 is 11.3 Å². The normalized spacial score (nSPS) is 12.2. The molecule has 0 aliphatic heterocycles. The third-order valence-electron chi connectivity index (χ3n) is 3.21. The molecule has 2 aromatic rings. The number of anilines is 1. The maximum absolute atomic E-state index is 12.3. The molecule has 2 rings (SSSR count). The molecule has 6 nitrogen and oxygen atoms in total. The lowest BCUT2D eigenvalue weighted by Gasteiger charge is -2.09. The fourth-order valence-electron chi connectivity index (χ4n) is 1.84. The Kier molecular flexibility index (Phi) is 5.91. The maximum atomic E-state index is 12.3. The lowest BCUT2D eigenvalue weighted by Crippen LogP contribution is -2.33. The SMILES string of the molecule is CC(C)c1csc(NS(=O)(=O)c2ccc(C(=O)NCC(F)(F)F)cc2)n1. The van der Waals surface area contributed by atoms with Gasteiger partial charge in [-0.15, -0.1) is 11.3 Å². The van der Waals surface area contributed by atoms with E-state index in [4.69, 9.17) is 0 Å². The summed E-state index contributed by atoms with van der Waals surface area (Å²) >= 11 is 1.14. The van der Waals surface area contributed by atoms with Crippen molar-refractivity contribution in [2.24, 2.45) is 0 Å². The van der Waals surface area contributed by atoms with Crippen LogP contribution in [0.2, 0.25) is 0 Å². The number of nitrogens with zero attached hydrogens (tertiary/aromatic N) is 1. The number of alkyl halides is 3. The van der Waals surface area contributed by atoms with E-state index in [0.29, 0.717) is 0 Å². The second-order valence-electron chi connectivity index (χ2n) is 5.66. The van der Waals surface area contributed by atoms with Crippen molar-refractivity contribution in [3.05, 3.63) is 40.9 Å². The van der Waals surface area contributed by atoms with E-state index in [1.54, 1.807) is 10.7 Å². The first-order valence-corrected chi connectivity index (χ1v) is 9.77. The molecule has 0 aliphatic rings. The van der Waals surface area contributed by atoms with Crippen LogP contribution in [0, 0.1) is 0 Å². The summed E-state index contributed by atoms with van der Waals surface area (Å²) in [6.07, 6.45) is -4.52. The highest BCUT2D eigenvalue weighted by Gasteiger charge is 2.28. The number of hydrogen-bond acceptors (Lipinski definition) is 5. The highest BCUT2D eigenvalue weighted by molar-refractivity contribution is 7.93. The third kappa shape index (κ3) is 5.43. The van der Waals surface area contributed by atoms with Crippen LogP contribution in [0.15, 0.2) is 34.5 Å². The Bertz CT molecular complexity index is 876. The quantitative estimate of drug-likeness (QED) is 0.769. The maximum Gasteiger partial charge on any atom is 0.405 e. The predicted molar refractivity (Wildman–Crippen MR) is 91.8 cm³/mol. The first kappa shape index (κ1) is 20.2. The van der Waals surface area contributed by atoms with E-state index >= 15 is 0 Å². The summed E-state index contributed by atoms with van der Waals surface area (Å²) in [5.74, 6) is -0.792. The number of carbonyl (C=O) groups excluding carboxylic acids is 1. The van der Waals surface area contributed by atoms with Gasteiger partial charge in [-0.1, -0.05) is 13.8 Å². The monoisotopic (exact) mass is 407 g/mol. The van der Waals surface area contributed by atoms with Gasteiger partial charge in [0.15, 0.2) is 5.13 Å². The Hall–Kier alpha value is -2.14. The number of nitrogens with one attached hydrogen (secondary N) is 2. The van der Waals surface area contributed by atoms with E-state index in [1.807, 2.05) is 13.8 Å². The standard InChI is InChI=1S/C15H16F3N3O3S2/c1-9(2)12-7-25-14(20-12)21-26(23,24)11-5-3-10(4-6-11)13(22)19-8-15(16,17)18/h3-7,9H,8H2,1-2H3,(H,19,22)(H,20,21). The van der Waals surface area contributed by atoms with E-state index in [2.05, 4.69) is 9.71 Å². The summed E-state index contributed by atoms with van der Waals surface area (Å²) in [6.45, 7) is 2.39. The minimum atomic E-state index is -4.52. The molecule has 26 heavy (non-hydrogen) atoms. The zero-order valence-corrected chi connectivity index (χ0v) is 15.4. The largest absolute Gasteiger partial charge is 0.405 e. The van der Waals surface area contributed by atoms with Gasteiger partial charge < -0.3 is 5.32 Å². The van der Waals surface area contributed by atoms with E-state index in [1.165, 1.54) is 0 Å². The van der Waals surface area contributed by atoms with Crippen molar-refractivity contribution in [3.63, 3.8) is 0 Å². The molecule has 0 atom stereocenters. The van der Waals surface area contributed by atoms with Crippen molar-refractivity contribution < 1.29 is 26.4 Å². The summed E-state index contributed by atoms with van der Waals surface area (Å²) in [7, 11) is -3.92. The van der Waals surface area contributed by atoms with Crippen molar-refractivity contribution in [2.75, 3.05) is 11.3 Å². The number of hydrogen-bond donors (Lipinski definition) is 2. The second-order valence-corrected chi connectivity index (χ2v) is 8.20. The van der Waals surface area contributed by atoms with Crippen LogP contribution < -0.4 is 10.0 Å². The van der Waals surface area contributed by atoms with Crippen molar-refractivity contribution in [1.29, 1.82) is 0 Å². The average Bonchev–Trinajstić information content (AvgIpc) is 3.00. The zero-order chi connectivity index (χ0) is 19.5. The topological polar surface area (TPSA) is 88.2 Å². The minimum Gasteiger partial charge on any atom is -0.343 e. The van der Waals surface area contributed by atoms with Gasteiger partial charge in [0.05, 0.1) is 10.6 Å². The van der Waals surface area contributed by atoms with E-state index < -0.39 is 28.7 Å². The number of halogens is 3. The molecule has 0 saturated carbocycles. The first-order chi connectivity index (χ1) is 12.0. The molecule has 0 fully saturated rings. The highest BCUT2D eigenvalue weighted by atomic mass is 32.2. The molecule has 142 valence electrons. The van der Waals surface area contributed by atoms with Crippen molar-refractivity contribution >= 4 is 32.4 Å². The molecule has 0 spiro atoms. The van der Waals surface area contributed by atoms with Gasteiger partial charge in [0.2, 0.25) is 0 Å². The molecule has 0 unspecified atom stereocenters. The Labute approximate surface area is 152 Å². The van der Waals surface area contributed by atoms with Crippen LogP contribution in [-0.2, 0) is 10.0 Å². The van der Waals surface area contributed by atoms with Crippen LogP contribution in [0.1, 0.15) is 35.8 Å². The van der Waals surface area contributed by atoms with E-state index in [0.717, 1.165) is 41.3 Å². The Balaban J connectivity index is 2.09. The molecule has 0 bridgehead atoms. The Morgan fingerprint density at radius 3 is 2.35 bits per heavy atom. The number of amides is 1. The van der Waals surface area contributed by atoms with Crippen LogP contribution in [0.5, 0.6) is 0 Å². The third-order valence-corrected chi connectivity index (χ3v) is 5.47. The number of rotatable bonds is 6. The summed E-state index contributed by atoms with van der Waals surface area (Å²) in [6, 6.07) is 4.56. The molecule has 0 saturated heterocycles. The predicted octanol–water partition coefficient (Wildman–Crippen LogP) is 3.36. The number of sulfonamides is 1. The van der Waals surface area contributed by atoms with Gasteiger partial charge in [-0.25, -0.2) is 13.4 Å². The number of thiazole rings is 1. The molecule has 1 amide bonds. The van der Waals surface area contributed by atoms with Gasteiger partial charge in [-0.05, 0) is 30.2 Å². The molecular formula is C15H16F3N3O3S2. The Morgan fingerprint density at radius 1 is 1.23 bits per heavy atom. The zero-order valence-electron chi connectivity index (χ0n) is 13.8. The molecule has 2 N–H and O–H groups in total. The van der Waals surface area contributed by atoms with Crippen molar-refractivity contribution in [1.82, 2.24) is 10.3 Å². The highest BCUT2D eigenvalue weighted by Crippen LogP contribution is 2.24. The number of carbonyl (C=O) groups is 1. The molecule has 0 aliphatic carbocycles. The molecule has 1 aromatic carbocycles. The molecule has 1 aromatic heterocycles. The smallest absolute Gasteiger partial charge is 0.343 e. The van der Waals surface area contributed by atoms with Crippen molar-refractivity contribution in [2.45, 2.75) is 30.8 Å². The van der Waals surface area contributed by atoms with Gasteiger partial charge in [0, 0.05) is 10.9 Å². The summed E-state index contributed by atoms with van der Waals surface area (Å²) in [4.78, 5) is 15.7. The van der Waals surface area contributed by atoms with Gasteiger partial charge >= 0.3 is 6.18 Å². The summed E-state index contributed by atoms with van der Waals surface area (Å²) < 4.78 is 63.3. The molecular weight excluding hydrogens is 391 g/mol. The number of aromatic nitrogens is 1. The van der Waals surface area contributed by atoms with Crippen LogP contribution in [0.3, 0.4) is 0 Å². The number of benzene rings is 1. The van der Waals surface area contributed by atoms with Gasteiger partial charge in [-0.2, -0.15) is 13.2 Å². The molecule has 0 radical (unpaired) electrons. The lowest BCUT2D eigenvalue weighted by molar-refractivity contribution is -0.123. The molecule has 11 heteroatoms. The average molecular weight is 407 g/mol.